The van der Waals surface area contributed by atoms with Crippen molar-refractivity contribution in [3.8, 4) is 0 Å². The molecule has 0 fully saturated rings. The zero-order valence-corrected chi connectivity index (χ0v) is 10.2. The minimum Gasteiger partial charge on any atom is -0.363 e. The fourth-order valence-electron chi connectivity index (χ4n) is 2.52. The molecule has 2 aromatic rings. The minimum atomic E-state index is 0.170. The molecule has 0 amide bonds. The van der Waals surface area contributed by atoms with Crippen LogP contribution in [0.5, 0.6) is 0 Å². The van der Waals surface area contributed by atoms with Crippen molar-refractivity contribution in [2.24, 2.45) is 0 Å². The zero-order valence-electron chi connectivity index (χ0n) is 10.2. The van der Waals surface area contributed by atoms with Gasteiger partial charge in [0.15, 0.2) is 5.43 Å². The highest BCUT2D eigenvalue weighted by Crippen LogP contribution is 2.15. The maximum Gasteiger partial charge on any atom is 0.185 e. The second-order valence-electron chi connectivity index (χ2n) is 4.75. The SMILES string of the molecule is O=c1cc[nH]c2c1CCN(Cc1ccccc1)C2. The molecule has 18 heavy (non-hydrogen) atoms. The van der Waals surface area contributed by atoms with Crippen LogP contribution in [0, 0.1) is 0 Å². The number of aromatic nitrogens is 1. The van der Waals surface area contributed by atoms with Gasteiger partial charge in [-0.15, -0.1) is 0 Å². The third-order valence-electron chi connectivity index (χ3n) is 3.46. The highest BCUT2D eigenvalue weighted by atomic mass is 16.1. The first kappa shape index (κ1) is 11.2. The van der Waals surface area contributed by atoms with Crippen LogP contribution in [-0.2, 0) is 19.5 Å². The summed E-state index contributed by atoms with van der Waals surface area (Å²) in [4.78, 5) is 17.3. The molecule has 1 aliphatic heterocycles. The van der Waals surface area contributed by atoms with Gasteiger partial charge in [-0.25, -0.2) is 0 Å². The molecule has 0 bridgehead atoms. The Kier molecular flexibility index (Phi) is 2.99. The Morgan fingerprint density at radius 3 is 2.83 bits per heavy atom. The number of H-pyrrole nitrogens is 1. The first-order valence-electron chi connectivity index (χ1n) is 6.28. The molecule has 1 aromatic carbocycles. The topological polar surface area (TPSA) is 36.1 Å². The van der Waals surface area contributed by atoms with Gasteiger partial charge in [-0.3, -0.25) is 9.69 Å². The summed E-state index contributed by atoms with van der Waals surface area (Å²) in [5, 5.41) is 0. The van der Waals surface area contributed by atoms with Crippen LogP contribution in [0.2, 0.25) is 0 Å². The van der Waals surface area contributed by atoms with Crippen molar-refractivity contribution in [2.45, 2.75) is 19.5 Å². The van der Waals surface area contributed by atoms with Gasteiger partial charge < -0.3 is 4.98 Å². The van der Waals surface area contributed by atoms with E-state index in [2.05, 4.69) is 34.1 Å². The van der Waals surface area contributed by atoms with Crippen molar-refractivity contribution < 1.29 is 0 Å². The zero-order chi connectivity index (χ0) is 12.4. The molecule has 0 radical (unpaired) electrons. The van der Waals surface area contributed by atoms with Crippen LogP contribution >= 0.6 is 0 Å². The number of rotatable bonds is 2. The number of aromatic amines is 1. The van der Waals surface area contributed by atoms with Crippen LogP contribution in [0.15, 0.2) is 47.4 Å². The standard InChI is InChI=1S/C15H16N2O/c18-15-6-8-16-14-11-17(9-7-13(14)15)10-12-4-2-1-3-5-12/h1-6,8H,7,9-11H2,(H,16,18). The number of hydrogen-bond acceptors (Lipinski definition) is 2. The van der Waals surface area contributed by atoms with E-state index in [0.717, 1.165) is 37.3 Å². The molecule has 1 aromatic heterocycles. The van der Waals surface area contributed by atoms with Crippen LogP contribution in [0.1, 0.15) is 16.8 Å². The molecule has 2 heterocycles. The lowest BCUT2D eigenvalue weighted by atomic mass is 10.0. The van der Waals surface area contributed by atoms with Crippen LogP contribution in [0.25, 0.3) is 0 Å². The highest BCUT2D eigenvalue weighted by Gasteiger charge is 2.18. The van der Waals surface area contributed by atoms with Gasteiger partial charge in [0, 0.05) is 43.2 Å². The summed E-state index contributed by atoms with van der Waals surface area (Å²) in [5.41, 5.74) is 3.52. The Morgan fingerprint density at radius 2 is 2.00 bits per heavy atom. The van der Waals surface area contributed by atoms with Crippen LogP contribution < -0.4 is 5.43 Å². The summed E-state index contributed by atoms with van der Waals surface area (Å²) in [6.07, 6.45) is 2.59. The summed E-state index contributed by atoms with van der Waals surface area (Å²) in [6, 6.07) is 12.1. The molecule has 0 atom stereocenters. The molecular formula is C15H16N2O. The first-order valence-corrected chi connectivity index (χ1v) is 6.28. The van der Waals surface area contributed by atoms with Gasteiger partial charge in [0.2, 0.25) is 0 Å². The lowest BCUT2D eigenvalue weighted by Crippen LogP contribution is -2.33. The Bertz CT molecular complexity index is 589. The fraction of sp³-hybridized carbons (Fsp3) is 0.267. The van der Waals surface area contributed by atoms with E-state index in [-0.39, 0.29) is 5.43 Å². The third kappa shape index (κ3) is 2.22. The number of hydrogen-bond donors (Lipinski definition) is 1. The van der Waals surface area contributed by atoms with Gasteiger partial charge in [0.1, 0.15) is 0 Å². The molecule has 0 spiro atoms. The summed E-state index contributed by atoms with van der Waals surface area (Å²) in [6.45, 7) is 2.73. The van der Waals surface area contributed by atoms with E-state index in [1.54, 1.807) is 12.3 Å². The second-order valence-corrected chi connectivity index (χ2v) is 4.75. The van der Waals surface area contributed by atoms with E-state index < -0.39 is 0 Å². The van der Waals surface area contributed by atoms with Crippen molar-refractivity contribution in [1.29, 1.82) is 0 Å². The van der Waals surface area contributed by atoms with Gasteiger partial charge in [-0.05, 0) is 12.0 Å². The number of pyridine rings is 1. The van der Waals surface area contributed by atoms with Crippen molar-refractivity contribution in [2.75, 3.05) is 6.54 Å². The van der Waals surface area contributed by atoms with Gasteiger partial charge in [-0.2, -0.15) is 0 Å². The Balaban J connectivity index is 1.78. The van der Waals surface area contributed by atoms with Crippen molar-refractivity contribution in [3.05, 3.63) is 69.6 Å². The average molecular weight is 240 g/mol. The minimum absolute atomic E-state index is 0.170. The van der Waals surface area contributed by atoms with Crippen LogP contribution in [0.4, 0.5) is 0 Å². The molecule has 3 heteroatoms. The summed E-state index contributed by atoms with van der Waals surface area (Å²) >= 11 is 0. The first-order chi connectivity index (χ1) is 8.83. The Hall–Kier alpha value is -1.87. The van der Waals surface area contributed by atoms with Gasteiger partial charge >= 0.3 is 0 Å². The van der Waals surface area contributed by atoms with Gasteiger partial charge in [-0.1, -0.05) is 30.3 Å². The largest absolute Gasteiger partial charge is 0.363 e. The normalized spacial score (nSPS) is 15.3. The predicted octanol–water partition coefficient (Wildman–Crippen LogP) is 1.93. The highest BCUT2D eigenvalue weighted by molar-refractivity contribution is 5.23. The molecule has 1 N–H and O–H groups in total. The van der Waals surface area contributed by atoms with E-state index in [1.807, 2.05) is 6.07 Å². The Morgan fingerprint density at radius 1 is 1.17 bits per heavy atom. The van der Waals surface area contributed by atoms with Crippen LogP contribution in [0.3, 0.4) is 0 Å². The van der Waals surface area contributed by atoms with Crippen molar-refractivity contribution in [1.82, 2.24) is 9.88 Å². The molecule has 0 unspecified atom stereocenters. The second kappa shape index (κ2) is 4.78. The quantitative estimate of drug-likeness (QED) is 0.870. The van der Waals surface area contributed by atoms with E-state index in [9.17, 15) is 4.79 Å². The van der Waals surface area contributed by atoms with Crippen molar-refractivity contribution in [3.63, 3.8) is 0 Å². The van der Waals surface area contributed by atoms with Crippen molar-refractivity contribution >= 4 is 0 Å². The number of nitrogens with zero attached hydrogens (tertiary/aromatic N) is 1. The van der Waals surface area contributed by atoms with Gasteiger partial charge in [0.25, 0.3) is 0 Å². The maximum atomic E-state index is 11.7. The summed E-state index contributed by atoms with van der Waals surface area (Å²) < 4.78 is 0. The smallest absolute Gasteiger partial charge is 0.185 e. The van der Waals surface area contributed by atoms with E-state index >= 15 is 0 Å². The molecule has 3 rings (SSSR count). The predicted molar refractivity (Wildman–Crippen MR) is 71.3 cm³/mol. The number of nitrogens with one attached hydrogen (secondary N) is 1. The fourth-order valence-corrected chi connectivity index (χ4v) is 2.52. The summed E-state index contributed by atoms with van der Waals surface area (Å²) in [7, 11) is 0. The molecule has 0 aliphatic carbocycles. The number of benzene rings is 1. The number of fused-ring (bicyclic) bond motifs is 1. The van der Waals surface area contributed by atoms with E-state index in [1.165, 1.54) is 5.56 Å². The van der Waals surface area contributed by atoms with E-state index in [4.69, 9.17) is 0 Å². The maximum absolute atomic E-state index is 11.7. The molecule has 3 nitrogen and oxygen atoms in total. The molecular weight excluding hydrogens is 224 g/mol. The van der Waals surface area contributed by atoms with E-state index in [0.29, 0.717) is 0 Å². The molecule has 0 saturated carbocycles. The lowest BCUT2D eigenvalue weighted by molar-refractivity contribution is 0.241. The third-order valence-corrected chi connectivity index (χ3v) is 3.46. The summed E-state index contributed by atoms with van der Waals surface area (Å²) in [5.74, 6) is 0. The molecule has 1 aliphatic rings. The molecule has 92 valence electrons. The van der Waals surface area contributed by atoms with Gasteiger partial charge in [0.05, 0.1) is 0 Å². The monoisotopic (exact) mass is 240 g/mol. The average Bonchev–Trinajstić information content (AvgIpc) is 2.40. The lowest BCUT2D eigenvalue weighted by Gasteiger charge is -2.27. The molecule has 0 saturated heterocycles. The van der Waals surface area contributed by atoms with Crippen LogP contribution in [-0.4, -0.2) is 16.4 Å². The Labute approximate surface area is 106 Å².